The Morgan fingerprint density at radius 1 is 1.35 bits per heavy atom. The molecule has 2 amide bonds. The topological polar surface area (TPSA) is 60.9 Å². The number of piperidine rings is 1. The van der Waals surface area contributed by atoms with E-state index in [0.717, 1.165) is 17.7 Å². The summed E-state index contributed by atoms with van der Waals surface area (Å²) in [7, 11) is 1.73. The molecule has 0 aliphatic carbocycles. The summed E-state index contributed by atoms with van der Waals surface area (Å²) in [5.41, 5.74) is 1.88. The third-order valence-electron chi connectivity index (χ3n) is 3.80. The highest BCUT2D eigenvalue weighted by atomic mass is 16.4. The Hall–Kier alpha value is -2.04. The van der Waals surface area contributed by atoms with E-state index < -0.39 is 11.9 Å². The van der Waals surface area contributed by atoms with E-state index in [-0.39, 0.29) is 6.03 Å². The number of aliphatic carboxylic acids is 1. The number of rotatable bonds is 2. The lowest BCUT2D eigenvalue weighted by Gasteiger charge is -2.34. The summed E-state index contributed by atoms with van der Waals surface area (Å²) < 4.78 is 0. The maximum atomic E-state index is 12.5. The average Bonchev–Trinajstić information content (AvgIpc) is 2.46. The maximum absolute atomic E-state index is 12.5. The number of aryl methyl sites for hydroxylation is 1. The van der Waals surface area contributed by atoms with Crippen molar-refractivity contribution in [1.29, 1.82) is 0 Å². The molecule has 1 atom stereocenters. The van der Waals surface area contributed by atoms with Crippen molar-refractivity contribution in [1.82, 2.24) is 4.90 Å². The first-order valence-corrected chi connectivity index (χ1v) is 6.81. The van der Waals surface area contributed by atoms with Crippen molar-refractivity contribution in [2.45, 2.75) is 19.8 Å². The minimum absolute atomic E-state index is 0.134. The minimum atomic E-state index is -0.818. The van der Waals surface area contributed by atoms with Crippen molar-refractivity contribution in [3.05, 3.63) is 29.8 Å². The number of carboxylic acids is 1. The second-order valence-electron chi connectivity index (χ2n) is 5.25. The molecule has 1 N–H and O–H groups in total. The molecule has 1 aliphatic heterocycles. The highest BCUT2D eigenvalue weighted by Gasteiger charge is 2.30. The summed E-state index contributed by atoms with van der Waals surface area (Å²) >= 11 is 0. The number of hydrogen-bond donors (Lipinski definition) is 1. The molecule has 0 aromatic heterocycles. The van der Waals surface area contributed by atoms with Crippen LogP contribution < -0.4 is 4.90 Å². The van der Waals surface area contributed by atoms with E-state index in [2.05, 4.69) is 0 Å². The van der Waals surface area contributed by atoms with Gasteiger partial charge >= 0.3 is 12.0 Å². The van der Waals surface area contributed by atoms with Crippen molar-refractivity contribution in [2.75, 3.05) is 25.0 Å². The van der Waals surface area contributed by atoms with E-state index >= 15 is 0 Å². The summed E-state index contributed by atoms with van der Waals surface area (Å²) in [6.07, 6.45) is 1.39. The van der Waals surface area contributed by atoms with Crippen molar-refractivity contribution >= 4 is 17.7 Å². The quantitative estimate of drug-likeness (QED) is 0.902. The molecule has 1 fully saturated rings. The van der Waals surface area contributed by atoms with E-state index in [4.69, 9.17) is 5.11 Å². The number of likely N-dealkylation sites (tertiary alicyclic amines) is 1. The van der Waals surface area contributed by atoms with Gasteiger partial charge in [-0.25, -0.2) is 4.79 Å². The Labute approximate surface area is 118 Å². The zero-order valence-electron chi connectivity index (χ0n) is 11.9. The standard InChI is InChI=1S/C15H20N2O3/c1-11-6-3-4-8-13(11)16(2)15(20)17-9-5-7-12(10-17)14(18)19/h3-4,6,8,12H,5,7,9-10H2,1-2H3,(H,18,19)/t12-/m0/s1. The van der Waals surface area contributed by atoms with Gasteiger partial charge in [0.15, 0.2) is 0 Å². The van der Waals surface area contributed by atoms with E-state index in [1.165, 1.54) is 0 Å². The largest absolute Gasteiger partial charge is 0.481 e. The second kappa shape index (κ2) is 5.94. The lowest BCUT2D eigenvalue weighted by Crippen LogP contribution is -2.47. The van der Waals surface area contributed by atoms with Crippen LogP contribution in [0.2, 0.25) is 0 Å². The predicted octanol–water partition coefficient (Wildman–Crippen LogP) is 2.35. The summed E-state index contributed by atoms with van der Waals surface area (Å²) in [5, 5.41) is 9.09. The van der Waals surface area contributed by atoms with Crippen molar-refractivity contribution < 1.29 is 14.7 Å². The Morgan fingerprint density at radius 2 is 2.05 bits per heavy atom. The molecule has 20 heavy (non-hydrogen) atoms. The molecule has 0 radical (unpaired) electrons. The fraction of sp³-hybridized carbons (Fsp3) is 0.467. The van der Waals surface area contributed by atoms with Crippen LogP contribution in [-0.4, -0.2) is 42.1 Å². The van der Waals surface area contributed by atoms with Gasteiger partial charge in [0.2, 0.25) is 0 Å². The van der Waals surface area contributed by atoms with E-state index in [1.54, 1.807) is 16.8 Å². The number of carbonyl (C=O) groups is 2. The van der Waals surface area contributed by atoms with Gasteiger partial charge in [-0.2, -0.15) is 0 Å². The maximum Gasteiger partial charge on any atom is 0.324 e. The third kappa shape index (κ3) is 2.92. The number of nitrogens with zero attached hydrogens (tertiary/aromatic N) is 2. The molecule has 1 heterocycles. The summed E-state index contributed by atoms with van der Waals surface area (Å²) in [5.74, 6) is -1.26. The molecule has 1 saturated heterocycles. The van der Waals surface area contributed by atoms with Gasteiger partial charge in [0.25, 0.3) is 0 Å². The summed E-state index contributed by atoms with van der Waals surface area (Å²) in [6.45, 7) is 2.87. The molecule has 0 unspecified atom stereocenters. The molecule has 0 saturated carbocycles. The molecule has 108 valence electrons. The summed E-state index contributed by atoms with van der Waals surface area (Å²) in [6, 6.07) is 7.53. The van der Waals surface area contributed by atoms with Gasteiger partial charge in [0.05, 0.1) is 5.92 Å². The van der Waals surface area contributed by atoms with Gasteiger partial charge in [-0.3, -0.25) is 9.69 Å². The number of carbonyl (C=O) groups excluding carboxylic acids is 1. The van der Waals surface area contributed by atoms with Crippen LogP contribution >= 0.6 is 0 Å². The van der Waals surface area contributed by atoms with Crippen molar-refractivity contribution in [2.24, 2.45) is 5.92 Å². The van der Waals surface area contributed by atoms with Gasteiger partial charge in [-0.15, -0.1) is 0 Å². The van der Waals surface area contributed by atoms with Gasteiger partial charge in [-0.1, -0.05) is 18.2 Å². The molecule has 5 heteroatoms. The number of anilines is 1. The molecule has 5 nitrogen and oxygen atoms in total. The van der Waals surface area contributed by atoms with Gasteiger partial charge in [-0.05, 0) is 31.4 Å². The smallest absolute Gasteiger partial charge is 0.324 e. The molecule has 2 rings (SSSR count). The van der Waals surface area contributed by atoms with Crippen LogP contribution in [-0.2, 0) is 4.79 Å². The monoisotopic (exact) mass is 276 g/mol. The van der Waals surface area contributed by atoms with Gasteiger partial charge in [0.1, 0.15) is 0 Å². The number of hydrogen-bond acceptors (Lipinski definition) is 2. The predicted molar refractivity (Wildman–Crippen MR) is 76.9 cm³/mol. The Balaban J connectivity index is 2.11. The zero-order chi connectivity index (χ0) is 14.7. The molecular formula is C15H20N2O3. The minimum Gasteiger partial charge on any atom is -0.481 e. The van der Waals surface area contributed by atoms with Gasteiger partial charge < -0.3 is 10.0 Å². The zero-order valence-corrected chi connectivity index (χ0v) is 11.9. The number of para-hydroxylation sites is 1. The first kappa shape index (κ1) is 14.4. The van der Waals surface area contributed by atoms with Crippen LogP contribution in [0.25, 0.3) is 0 Å². The highest BCUT2D eigenvalue weighted by molar-refractivity contribution is 5.92. The Kier molecular flexibility index (Phi) is 4.27. The summed E-state index contributed by atoms with van der Waals surface area (Å²) in [4.78, 5) is 26.8. The second-order valence-corrected chi connectivity index (χ2v) is 5.25. The first-order valence-electron chi connectivity index (χ1n) is 6.81. The lowest BCUT2D eigenvalue weighted by atomic mass is 9.98. The van der Waals surface area contributed by atoms with Crippen LogP contribution in [0.1, 0.15) is 18.4 Å². The van der Waals surface area contributed by atoms with Crippen LogP contribution in [0.4, 0.5) is 10.5 Å². The Morgan fingerprint density at radius 3 is 2.70 bits per heavy atom. The third-order valence-corrected chi connectivity index (χ3v) is 3.80. The van der Waals surface area contributed by atoms with Crippen molar-refractivity contribution in [3.8, 4) is 0 Å². The fourth-order valence-electron chi connectivity index (χ4n) is 2.61. The first-order chi connectivity index (χ1) is 9.50. The number of urea groups is 1. The van der Waals surface area contributed by atoms with E-state index in [0.29, 0.717) is 19.5 Å². The van der Waals surface area contributed by atoms with Crippen LogP contribution in [0.15, 0.2) is 24.3 Å². The molecule has 0 bridgehead atoms. The SMILES string of the molecule is Cc1ccccc1N(C)C(=O)N1CCC[C@H](C(=O)O)C1. The highest BCUT2D eigenvalue weighted by Crippen LogP contribution is 2.22. The number of carboxylic acid groups (broad SMARTS) is 1. The van der Waals surface area contributed by atoms with Crippen LogP contribution in [0.3, 0.4) is 0 Å². The van der Waals surface area contributed by atoms with E-state index in [1.807, 2.05) is 31.2 Å². The molecule has 1 aliphatic rings. The number of amides is 2. The van der Waals surface area contributed by atoms with Crippen LogP contribution in [0, 0.1) is 12.8 Å². The lowest BCUT2D eigenvalue weighted by molar-refractivity contribution is -0.143. The van der Waals surface area contributed by atoms with Gasteiger partial charge in [0, 0.05) is 25.8 Å². The number of benzene rings is 1. The normalized spacial score (nSPS) is 18.7. The molecular weight excluding hydrogens is 256 g/mol. The average molecular weight is 276 g/mol. The molecule has 1 aromatic carbocycles. The molecule has 1 aromatic rings. The Bertz CT molecular complexity index is 516. The molecule has 0 spiro atoms. The van der Waals surface area contributed by atoms with E-state index in [9.17, 15) is 9.59 Å². The van der Waals surface area contributed by atoms with Crippen molar-refractivity contribution in [3.63, 3.8) is 0 Å². The van der Waals surface area contributed by atoms with Crippen LogP contribution in [0.5, 0.6) is 0 Å². The fourth-order valence-corrected chi connectivity index (χ4v) is 2.61.